The van der Waals surface area contributed by atoms with Gasteiger partial charge in [0, 0.05) is 29.4 Å². The van der Waals surface area contributed by atoms with Gasteiger partial charge in [-0.2, -0.15) is 0 Å². The quantitative estimate of drug-likeness (QED) is 0.742. The van der Waals surface area contributed by atoms with Crippen LogP contribution in [0.3, 0.4) is 0 Å². The highest BCUT2D eigenvalue weighted by Crippen LogP contribution is 2.35. The van der Waals surface area contributed by atoms with E-state index >= 15 is 0 Å². The van der Waals surface area contributed by atoms with Crippen LogP contribution >= 0.6 is 0 Å². The fraction of sp³-hybridized carbons (Fsp3) is 0.400. The van der Waals surface area contributed by atoms with Crippen LogP contribution < -0.4 is 4.74 Å². The van der Waals surface area contributed by atoms with Gasteiger partial charge in [0.2, 0.25) is 0 Å². The van der Waals surface area contributed by atoms with E-state index in [0.717, 1.165) is 6.07 Å². The van der Waals surface area contributed by atoms with Gasteiger partial charge in [0.05, 0.1) is 25.9 Å². The summed E-state index contributed by atoms with van der Waals surface area (Å²) < 4.78 is 59.5. The highest BCUT2D eigenvalue weighted by molar-refractivity contribution is 5.66. The average Bonchev–Trinajstić information content (AvgIpc) is 2.65. The molecule has 0 spiro atoms. The zero-order valence-corrected chi connectivity index (χ0v) is 14.7. The largest absolute Gasteiger partial charge is 0.497 e. The number of hydrogen-bond donors (Lipinski definition) is 0. The molecule has 0 amide bonds. The van der Waals surface area contributed by atoms with Gasteiger partial charge in [-0.1, -0.05) is 12.1 Å². The van der Waals surface area contributed by atoms with Gasteiger partial charge >= 0.3 is 0 Å². The summed E-state index contributed by atoms with van der Waals surface area (Å²) in [5.41, 5.74) is -0.000698. The first-order chi connectivity index (χ1) is 12.5. The summed E-state index contributed by atoms with van der Waals surface area (Å²) in [5, 5.41) is 0. The molecule has 3 nitrogen and oxygen atoms in total. The lowest BCUT2D eigenvalue weighted by Crippen LogP contribution is -2.28. The Bertz CT molecular complexity index is 771. The summed E-state index contributed by atoms with van der Waals surface area (Å²) in [6.07, 6.45) is 0.707. The van der Waals surface area contributed by atoms with E-state index in [1.165, 1.54) is 31.4 Å². The van der Waals surface area contributed by atoms with Gasteiger partial charge in [-0.3, -0.25) is 0 Å². The van der Waals surface area contributed by atoms with E-state index in [9.17, 15) is 13.2 Å². The van der Waals surface area contributed by atoms with E-state index in [4.69, 9.17) is 14.2 Å². The second-order valence-electron chi connectivity index (χ2n) is 6.15. The normalized spacial score (nSPS) is 20.2. The molecule has 1 saturated heterocycles. The summed E-state index contributed by atoms with van der Waals surface area (Å²) in [6, 6.07) is 6.86. The van der Waals surface area contributed by atoms with Crippen molar-refractivity contribution in [2.75, 3.05) is 20.3 Å². The lowest BCUT2D eigenvalue weighted by atomic mass is 9.96. The van der Waals surface area contributed by atoms with E-state index in [2.05, 4.69) is 0 Å². The molecule has 1 fully saturated rings. The monoisotopic (exact) mass is 366 g/mol. The second kappa shape index (κ2) is 8.10. The molecule has 6 heteroatoms. The molecule has 0 saturated carbocycles. The predicted molar refractivity (Wildman–Crippen MR) is 91.6 cm³/mol. The Balaban J connectivity index is 1.85. The van der Waals surface area contributed by atoms with Crippen LogP contribution in [0.5, 0.6) is 5.75 Å². The van der Waals surface area contributed by atoms with Crippen molar-refractivity contribution in [1.82, 2.24) is 0 Å². The number of hydrogen-bond acceptors (Lipinski definition) is 3. The maximum Gasteiger partial charge on any atom is 0.167 e. The fourth-order valence-electron chi connectivity index (χ4n) is 3.20. The van der Waals surface area contributed by atoms with Crippen molar-refractivity contribution in [1.29, 1.82) is 0 Å². The zero-order chi connectivity index (χ0) is 18.7. The van der Waals surface area contributed by atoms with Crippen molar-refractivity contribution >= 4 is 0 Å². The third-order valence-corrected chi connectivity index (χ3v) is 4.56. The van der Waals surface area contributed by atoms with Gasteiger partial charge in [0.1, 0.15) is 11.6 Å². The fourth-order valence-corrected chi connectivity index (χ4v) is 3.20. The minimum atomic E-state index is -1.08. The van der Waals surface area contributed by atoms with Crippen molar-refractivity contribution in [2.45, 2.75) is 32.0 Å². The molecule has 0 bridgehead atoms. The molecule has 1 heterocycles. The first kappa shape index (κ1) is 18.7. The van der Waals surface area contributed by atoms with Crippen molar-refractivity contribution < 1.29 is 27.4 Å². The SMILES string of the molecule is CCOC1CCC(c2ccc(-c3ccc(OC)cc3F)c(F)c2F)OC1. The second-order valence-corrected chi connectivity index (χ2v) is 6.15. The highest BCUT2D eigenvalue weighted by atomic mass is 19.2. The number of ether oxygens (including phenoxy) is 3. The minimum absolute atomic E-state index is 0.0168. The molecule has 0 aromatic heterocycles. The van der Waals surface area contributed by atoms with Gasteiger partial charge in [0.25, 0.3) is 0 Å². The molecule has 0 aliphatic carbocycles. The van der Waals surface area contributed by atoms with Crippen LogP contribution in [0.25, 0.3) is 11.1 Å². The molecular formula is C20H21F3O3. The Labute approximate surface area is 150 Å². The van der Waals surface area contributed by atoms with E-state index in [0.29, 0.717) is 31.8 Å². The first-order valence-corrected chi connectivity index (χ1v) is 8.60. The number of methoxy groups -OCH3 is 1. The smallest absolute Gasteiger partial charge is 0.167 e. The molecule has 2 aromatic carbocycles. The molecule has 2 unspecified atom stereocenters. The molecule has 0 radical (unpaired) electrons. The third-order valence-electron chi connectivity index (χ3n) is 4.56. The summed E-state index contributed by atoms with van der Waals surface area (Å²) >= 11 is 0. The zero-order valence-electron chi connectivity index (χ0n) is 14.7. The summed E-state index contributed by atoms with van der Waals surface area (Å²) in [4.78, 5) is 0. The van der Waals surface area contributed by atoms with Crippen LogP contribution in [-0.4, -0.2) is 26.4 Å². The van der Waals surface area contributed by atoms with Gasteiger partial charge < -0.3 is 14.2 Å². The lowest BCUT2D eigenvalue weighted by molar-refractivity contribution is -0.0850. The predicted octanol–water partition coefficient (Wildman–Crippen LogP) is 5.04. The first-order valence-electron chi connectivity index (χ1n) is 8.60. The highest BCUT2D eigenvalue weighted by Gasteiger charge is 2.27. The van der Waals surface area contributed by atoms with E-state index < -0.39 is 23.6 Å². The number of halogens is 3. The lowest BCUT2D eigenvalue weighted by Gasteiger charge is -2.29. The average molecular weight is 366 g/mol. The van der Waals surface area contributed by atoms with Crippen molar-refractivity contribution in [2.24, 2.45) is 0 Å². The van der Waals surface area contributed by atoms with Crippen LogP contribution in [0.15, 0.2) is 30.3 Å². The molecule has 2 atom stereocenters. The number of rotatable bonds is 5. The maximum atomic E-state index is 14.6. The summed E-state index contributed by atoms with van der Waals surface area (Å²) in [7, 11) is 1.41. The molecule has 1 aliphatic heterocycles. The van der Waals surface area contributed by atoms with Gasteiger partial charge in [-0.25, -0.2) is 13.2 Å². The van der Waals surface area contributed by atoms with Crippen LogP contribution in [0.2, 0.25) is 0 Å². The number of benzene rings is 2. The van der Waals surface area contributed by atoms with Crippen LogP contribution in [0, 0.1) is 17.5 Å². The van der Waals surface area contributed by atoms with Gasteiger partial charge in [-0.05, 0) is 31.9 Å². The Morgan fingerprint density at radius 1 is 1.04 bits per heavy atom. The Morgan fingerprint density at radius 2 is 1.81 bits per heavy atom. The Kier molecular flexibility index (Phi) is 5.84. The molecule has 0 N–H and O–H groups in total. The summed E-state index contributed by atoms with van der Waals surface area (Å²) in [5.74, 6) is -2.45. The maximum absolute atomic E-state index is 14.6. The Hall–Kier alpha value is -2.05. The van der Waals surface area contributed by atoms with Crippen LogP contribution in [0.1, 0.15) is 31.4 Å². The molecule has 26 heavy (non-hydrogen) atoms. The van der Waals surface area contributed by atoms with Gasteiger partial charge in [-0.15, -0.1) is 0 Å². The van der Waals surface area contributed by atoms with Crippen molar-refractivity contribution in [3.8, 4) is 16.9 Å². The molecule has 3 rings (SSSR count). The van der Waals surface area contributed by atoms with E-state index in [-0.39, 0.29) is 22.8 Å². The van der Waals surface area contributed by atoms with Crippen molar-refractivity contribution in [3.05, 3.63) is 53.3 Å². The molecule has 2 aromatic rings. The Morgan fingerprint density at radius 3 is 2.42 bits per heavy atom. The van der Waals surface area contributed by atoms with E-state index in [1.807, 2.05) is 6.92 Å². The van der Waals surface area contributed by atoms with Gasteiger partial charge in [0.15, 0.2) is 11.6 Å². The van der Waals surface area contributed by atoms with Crippen LogP contribution in [0.4, 0.5) is 13.2 Å². The van der Waals surface area contributed by atoms with Crippen LogP contribution in [-0.2, 0) is 9.47 Å². The van der Waals surface area contributed by atoms with Crippen molar-refractivity contribution in [3.63, 3.8) is 0 Å². The summed E-state index contributed by atoms with van der Waals surface area (Å²) in [6.45, 7) is 2.83. The molecule has 1 aliphatic rings. The molecular weight excluding hydrogens is 345 g/mol. The minimum Gasteiger partial charge on any atom is -0.497 e. The molecule has 140 valence electrons. The topological polar surface area (TPSA) is 27.7 Å². The standard InChI is InChI=1S/C20H21F3O3/c1-3-25-13-5-9-18(26-11-13)16-8-7-15(19(22)20(16)23)14-6-4-12(24-2)10-17(14)21/h4,6-8,10,13,18H,3,5,9,11H2,1-2H3. The van der Waals surface area contributed by atoms with E-state index in [1.54, 1.807) is 0 Å². The third kappa shape index (κ3) is 3.71.